The summed E-state index contributed by atoms with van der Waals surface area (Å²) in [5, 5.41) is 0. The number of hydrogen-bond acceptors (Lipinski definition) is 3. The molecule has 0 aromatic heterocycles. The molecule has 0 saturated heterocycles. The normalized spacial score (nSPS) is 14.6. The van der Waals surface area contributed by atoms with Gasteiger partial charge in [-0.3, -0.25) is 0 Å². The number of hydrogen-bond donors (Lipinski definition) is 2. The van der Waals surface area contributed by atoms with Crippen molar-refractivity contribution in [3.8, 4) is 0 Å². The van der Waals surface area contributed by atoms with E-state index in [2.05, 4.69) is 4.72 Å². The molecule has 0 aromatic rings. The molecule has 0 heterocycles. The quantitative estimate of drug-likeness (QED) is 0.665. The molecule has 0 aliphatic heterocycles. The van der Waals surface area contributed by atoms with Gasteiger partial charge in [-0.2, -0.15) is 0 Å². The highest BCUT2D eigenvalue weighted by Crippen LogP contribution is 1.98. The van der Waals surface area contributed by atoms with Gasteiger partial charge in [0.15, 0.2) is 0 Å². The maximum atomic E-state index is 11.4. The van der Waals surface area contributed by atoms with Crippen molar-refractivity contribution in [1.29, 1.82) is 0 Å². The molecule has 0 aliphatic carbocycles. The minimum atomic E-state index is -3.09. The molecule has 1 atom stereocenters. The van der Waals surface area contributed by atoms with Crippen molar-refractivity contribution in [2.24, 2.45) is 11.7 Å². The fraction of sp³-hybridized carbons (Fsp3) is 1.00. The van der Waals surface area contributed by atoms with Gasteiger partial charge in [0.05, 0.1) is 5.75 Å². The van der Waals surface area contributed by atoms with Crippen LogP contribution in [0.1, 0.15) is 33.6 Å². The molecule has 5 heteroatoms. The van der Waals surface area contributed by atoms with Gasteiger partial charge >= 0.3 is 0 Å². The maximum Gasteiger partial charge on any atom is 0.211 e. The van der Waals surface area contributed by atoms with Gasteiger partial charge in [0, 0.05) is 12.6 Å². The number of rotatable bonds is 7. The van der Waals surface area contributed by atoms with Crippen LogP contribution < -0.4 is 10.5 Å². The van der Waals surface area contributed by atoms with Gasteiger partial charge in [0.2, 0.25) is 10.0 Å². The third-order valence-electron chi connectivity index (χ3n) is 1.91. The first-order chi connectivity index (χ1) is 6.37. The van der Waals surface area contributed by atoms with E-state index in [-0.39, 0.29) is 17.7 Å². The van der Waals surface area contributed by atoms with E-state index in [1.807, 2.05) is 20.8 Å². The van der Waals surface area contributed by atoms with Crippen LogP contribution >= 0.6 is 0 Å². The standard InChI is InChI=1S/C9H22N2O2S/c1-4-9(10)5-6-11-14(12,13)7-8(2)3/h8-9,11H,4-7,10H2,1-3H3. The van der Waals surface area contributed by atoms with Crippen molar-refractivity contribution >= 4 is 10.0 Å². The number of nitrogens with two attached hydrogens (primary N) is 1. The molecular formula is C9H22N2O2S. The molecular weight excluding hydrogens is 200 g/mol. The molecule has 4 nitrogen and oxygen atoms in total. The second-order valence-corrected chi connectivity index (χ2v) is 5.88. The summed E-state index contributed by atoms with van der Waals surface area (Å²) in [6.45, 7) is 6.21. The van der Waals surface area contributed by atoms with Crippen LogP contribution in [0.3, 0.4) is 0 Å². The van der Waals surface area contributed by atoms with Crippen LogP contribution in [0.25, 0.3) is 0 Å². The molecule has 1 unspecified atom stereocenters. The first kappa shape index (κ1) is 13.9. The summed E-state index contributed by atoms with van der Waals surface area (Å²) in [6, 6.07) is 0.0942. The van der Waals surface area contributed by atoms with E-state index in [4.69, 9.17) is 5.73 Å². The predicted octanol–water partition coefficient (Wildman–Crippen LogP) is 0.689. The average molecular weight is 222 g/mol. The molecule has 0 amide bonds. The lowest BCUT2D eigenvalue weighted by atomic mass is 10.2. The van der Waals surface area contributed by atoms with Crippen molar-refractivity contribution < 1.29 is 8.42 Å². The van der Waals surface area contributed by atoms with Crippen LogP contribution in [0, 0.1) is 5.92 Å². The van der Waals surface area contributed by atoms with Crippen molar-refractivity contribution in [2.45, 2.75) is 39.7 Å². The van der Waals surface area contributed by atoms with Crippen LogP contribution in [0.15, 0.2) is 0 Å². The van der Waals surface area contributed by atoms with Crippen LogP contribution in [-0.2, 0) is 10.0 Å². The Morgan fingerprint density at radius 2 is 1.93 bits per heavy atom. The van der Waals surface area contributed by atoms with E-state index in [1.165, 1.54) is 0 Å². The van der Waals surface area contributed by atoms with Gasteiger partial charge in [-0.25, -0.2) is 13.1 Å². The van der Waals surface area contributed by atoms with Gasteiger partial charge in [-0.15, -0.1) is 0 Å². The second kappa shape index (κ2) is 6.37. The molecule has 0 radical (unpaired) electrons. The summed E-state index contributed by atoms with van der Waals surface area (Å²) in [7, 11) is -3.09. The lowest BCUT2D eigenvalue weighted by Gasteiger charge is -2.11. The summed E-state index contributed by atoms with van der Waals surface area (Å²) < 4.78 is 25.3. The number of sulfonamides is 1. The third kappa shape index (κ3) is 7.29. The summed E-state index contributed by atoms with van der Waals surface area (Å²) >= 11 is 0. The molecule has 0 aliphatic rings. The van der Waals surface area contributed by atoms with Crippen LogP contribution in [0.4, 0.5) is 0 Å². The first-order valence-electron chi connectivity index (χ1n) is 5.10. The minimum absolute atomic E-state index is 0.0942. The Morgan fingerprint density at radius 1 is 1.36 bits per heavy atom. The third-order valence-corrected chi connectivity index (χ3v) is 3.66. The fourth-order valence-corrected chi connectivity index (χ4v) is 2.53. The van der Waals surface area contributed by atoms with Gasteiger partial charge in [-0.05, 0) is 18.8 Å². The Hall–Kier alpha value is -0.130. The average Bonchev–Trinajstić information content (AvgIpc) is 2.01. The second-order valence-electron chi connectivity index (χ2n) is 4.03. The van der Waals surface area contributed by atoms with E-state index < -0.39 is 10.0 Å². The molecule has 0 aromatic carbocycles. The zero-order valence-corrected chi connectivity index (χ0v) is 10.1. The lowest BCUT2D eigenvalue weighted by molar-refractivity contribution is 0.549. The summed E-state index contributed by atoms with van der Waals surface area (Å²) in [4.78, 5) is 0. The monoisotopic (exact) mass is 222 g/mol. The first-order valence-corrected chi connectivity index (χ1v) is 6.75. The maximum absolute atomic E-state index is 11.4. The summed E-state index contributed by atoms with van der Waals surface area (Å²) in [6.07, 6.45) is 1.58. The zero-order chi connectivity index (χ0) is 11.2. The lowest BCUT2D eigenvalue weighted by Crippen LogP contribution is -2.32. The minimum Gasteiger partial charge on any atom is -0.328 e. The zero-order valence-electron chi connectivity index (χ0n) is 9.29. The smallest absolute Gasteiger partial charge is 0.211 e. The predicted molar refractivity (Wildman–Crippen MR) is 59.5 cm³/mol. The molecule has 86 valence electrons. The van der Waals surface area contributed by atoms with E-state index >= 15 is 0 Å². The largest absolute Gasteiger partial charge is 0.328 e. The fourth-order valence-electron chi connectivity index (χ4n) is 1.10. The highest BCUT2D eigenvalue weighted by atomic mass is 32.2. The van der Waals surface area contributed by atoms with E-state index in [9.17, 15) is 8.42 Å². The summed E-state index contributed by atoms with van der Waals surface area (Å²) in [5.41, 5.74) is 5.67. The highest BCUT2D eigenvalue weighted by molar-refractivity contribution is 7.89. The number of nitrogens with one attached hydrogen (secondary N) is 1. The SMILES string of the molecule is CCC(N)CCNS(=O)(=O)CC(C)C. The van der Waals surface area contributed by atoms with Crippen molar-refractivity contribution in [3.63, 3.8) is 0 Å². The van der Waals surface area contributed by atoms with Gasteiger partial charge in [-0.1, -0.05) is 20.8 Å². The molecule has 0 rings (SSSR count). The Kier molecular flexibility index (Phi) is 6.31. The van der Waals surface area contributed by atoms with E-state index in [0.717, 1.165) is 6.42 Å². The molecule has 14 heavy (non-hydrogen) atoms. The van der Waals surface area contributed by atoms with Crippen molar-refractivity contribution in [1.82, 2.24) is 4.72 Å². The molecule has 0 spiro atoms. The summed E-state index contributed by atoms with van der Waals surface area (Å²) in [5.74, 6) is 0.348. The molecule has 0 bridgehead atoms. The van der Waals surface area contributed by atoms with Crippen molar-refractivity contribution in [3.05, 3.63) is 0 Å². The van der Waals surface area contributed by atoms with Crippen LogP contribution in [-0.4, -0.2) is 26.8 Å². The molecule has 3 N–H and O–H groups in total. The highest BCUT2D eigenvalue weighted by Gasteiger charge is 2.12. The van der Waals surface area contributed by atoms with Crippen LogP contribution in [0.2, 0.25) is 0 Å². The molecule has 0 saturated carbocycles. The van der Waals surface area contributed by atoms with Gasteiger partial charge < -0.3 is 5.73 Å². The van der Waals surface area contributed by atoms with Crippen molar-refractivity contribution in [2.75, 3.05) is 12.3 Å². The van der Waals surface area contributed by atoms with E-state index in [1.54, 1.807) is 0 Å². The Morgan fingerprint density at radius 3 is 2.36 bits per heavy atom. The van der Waals surface area contributed by atoms with Gasteiger partial charge in [0.1, 0.15) is 0 Å². The Bertz CT molecular complexity index is 237. The Balaban J connectivity index is 3.77. The molecule has 0 fully saturated rings. The topological polar surface area (TPSA) is 72.2 Å². The van der Waals surface area contributed by atoms with Gasteiger partial charge in [0.25, 0.3) is 0 Å². The van der Waals surface area contributed by atoms with Crippen LogP contribution in [0.5, 0.6) is 0 Å². The Labute approximate surface area is 87.3 Å². The van der Waals surface area contributed by atoms with E-state index in [0.29, 0.717) is 13.0 Å².